The van der Waals surface area contributed by atoms with Crippen LogP contribution in [0.1, 0.15) is 41.5 Å². The van der Waals surface area contributed by atoms with Crippen molar-refractivity contribution in [2.75, 3.05) is 7.11 Å². The molecule has 5 heteroatoms. The molecule has 0 radical (unpaired) electrons. The largest absolute Gasteiger partial charge is 0.463 e. The zero-order valence-electron chi connectivity index (χ0n) is 11.4. The lowest BCUT2D eigenvalue weighted by Gasteiger charge is -2.19. The summed E-state index contributed by atoms with van der Waals surface area (Å²) in [5.41, 5.74) is -0.104. The van der Waals surface area contributed by atoms with Crippen LogP contribution < -0.4 is 0 Å². The highest BCUT2D eigenvalue weighted by molar-refractivity contribution is 6.40. The van der Waals surface area contributed by atoms with Crippen molar-refractivity contribution in [1.82, 2.24) is 0 Å². The van der Waals surface area contributed by atoms with Gasteiger partial charge in [-0.2, -0.15) is 0 Å². The standard InChI is InChI=1S/C14H16O5/c1-14(2,3)19-12(16)10-7-5-9(6-8-10)11(15)13(17)18-4/h5-8H,1-4H3. The highest BCUT2D eigenvalue weighted by atomic mass is 16.6. The third-order valence-electron chi connectivity index (χ3n) is 2.15. The van der Waals surface area contributed by atoms with Gasteiger partial charge in [-0.25, -0.2) is 9.59 Å². The van der Waals surface area contributed by atoms with E-state index in [0.29, 0.717) is 5.56 Å². The number of esters is 2. The van der Waals surface area contributed by atoms with Crippen LogP contribution in [0, 0.1) is 0 Å². The fourth-order valence-electron chi connectivity index (χ4n) is 1.31. The molecule has 0 bridgehead atoms. The van der Waals surface area contributed by atoms with Crippen LogP contribution in [-0.4, -0.2) is 30.4 Å². The van der Waals surface area contributed by atoms with E-state index in [1.807, 2.05) is 0 Å². The molecule has 0 atom stereocenters. The van der Waals surface area contributed by atoms with Gasteiger partial charge in [0.05, 0.1) is 12.7 Å². The molecule has 0 aromatic heterocycles. The van der Waals surface area contributed by atoms with Gasteiger partial charge >= 0.3 is 11.9 Å². The van der Waals surface area contributed by atoms with Gasteiger partial charge in [0.2, 0.25) is 0 Å². The van der Waals surface area contributed by atoms with Crippen molar-refractivity contribution in [3.8, 4) is 0 Å². The Balaban J connectivity index is 2.85. The van der Waals surface area contributed by atoms with Crippen molar-refractivity contribution in [2.24, 2.45) is 0 Å². The molecule has 0 aliphatic carbocycles. The number of hydrogen-bond acceptors (Lipinski definition) is 5. The van der Waals surface area contributed by atoms with Crippen LogP contribution in [0.5, 0.6) is 0 Å². The molecule has 0 saturated carbocycles. The average Bonchev–Trinajstić information content (AvgIpc) is 2.35. The summed E-state index contributed by atoms with van der Waals surface area (Å²) >= 11 is 0. The Hall–Kier alpha value is -2.17. The first-order chi connectivity index (χ1) is 8.74. The van der Waals surface area contributed by atoms with E-state index in [-0.39, 0.29) is 5.56 Å². The summed E-state index contributed by atoms with van der Waals surface area (Å²) in [5.74, 6) is -2.17. The molecule has 0 spiro atoms. The zero-order valence-corrected chi connectivity index (χ0v) is 11.4. The fourth-order valence-corrected chi connectivity index (χ4v) is 1.31. The van der Waals surface area contributed by atoms with Crippen molar-refractivity contribution < 1.29 is 23.9 Å². The van der Waals surface area contributed by atoms with Gasteiger partial charge in [-0.05, 0) is 45.0 Å². The zero-order chi connectivity index (χ0) is 14.6. The minimum absolute atomic E-state index is 0.166. The Morgan fingerprint density at radius 2 is 1.42 bits per heavy atom. The van der Waals surface area contributed by atoms with Crippen LogP contribution in [-0.2, 0) is 14.3 Å². The summed E-state index contributed by atoms with van der Waals surface area (Å²) in [5, 5.41) is 0. The predicted molar refractivity (Wildman–Crippen MR) is 68.0 cm³/mol. The van der Waals surface area contributed by atoms with Gasteiger partial charge in [0, 0.05) is 5.56 Å². The lowest BCUT2D eigenvalue weighted by molar-refractivity contribution is -0.135. The minimum atomic E-state index is -0.940. The highest BCUT2D eigenvalue weighted by Crippen LogP contribution is 2.13. The van der Waals surface area contributed by atoms with E-state index < -0.39 is 23.3 Å². The SMILES string of the molecule is COC(=O)C(=O)c1ccc(C(=O)OC(C)(C)C)cc1. The van der Waals surface area contributed by atoms with Crippen molar-refractivity contribution >= 4 is 17.7 Å². The summed E-state index contributed by atoms with van der Waals surface area (Å²) < 4.78 is 9.51. The quantitative estimate of drug-likeness (QED) is 0.474. The predicted octanol–water partition coefficient (Wildman–Crippen LogP) is 2.00. The third kappa shape index (κ3) is 4.21. The normalized spacial score (nSPS) is 10.7. The molecule has 1 rings (SSSR count). The van der Waals surface area contributed by atoms with Crippen molar-refractivity contribution in [2.45, 2.75) is 26.4 Å². The van der Waals surface area contributed by atoms with E-state index in [2.05, 4.69) is 4.74 Å². The molecule has 1 aromatic rings. The third-order valence-corrected chi connectivity index (χ3v) is 2.15. The fraction of sp³-hybridized carbons (Fsp3) is 0.357. The minimum Gasteiger partial charge on any atom is -0.463 e. The Morgan fingerprint density at radius 1 is 0.947 bits per heavy atom. The van der Waals surface area contributed by atoms with Crippen LogP contribution >= 0.6 is 0 Å². The molecule has 0 saturated heterocycles. The average molecular weight is 264 g/mol. The molecule has 19 heavy (non-hydrogen) atoms. The maximum atomic E-state index is 11.7. The second-order valence-corrected chi connectivity index (χ2v) is 4.90. The Kier molecular flexibility index (Phi) is 4.43. The number of hydrogen-bond donors (Lipinski definition) is 0. The molecule has 0 N–H and O–H groups in total. The van der Waals surface area contributed by atoms with Crippen LogP contribution in [0.15, 0.2) is 24.3 Å². The van der Waals surface area contributed by atoms with Crippen molar-refractivity contribution in [3.05, 3.63) is 35.4 Å². The van der Waals surface area contributed by atoms with E-state index in [9.17, 15) is 14.4 Å². The van der Waals surface area contributed by atoms with E-state index in [4.69, 9.17) is 4.74 Å². The lowest BCUT2D eigenvalue weighted by atomic mass is 10.1. The van der Waals surface area contributed by atoms with Crippen molar-refractivity contribution in [3.63, 3.8) is 0 Å². The van der Waals surface area contributed by atoms with Gasteiger partial charge < -0.3 is 9.47 Å². The number of Topliss-reactive ketones (excluding diaryl/α,β-unsaturated/α-hetero) is 1. The molecular weight excluding hydrogens is 248 g/mol. The van der Waals surface area contributed by atoms with E-state index in [1.165, 1.54) is 24.3 Å². The molecule has 0 heterocycles. The molecule has 1 aromatic carbocycles. The van der Waals surface area contributed by atoms with Crippen molar-refractivity contribution in [1.29, 1.82) is 0 Å². The first-order valence-electron chi connectivity index (χ1n) is 5.70. The van der Waals surface area contributed by atoms with E-state index in [0.717, 1.165) is 7.11 Å². The number of carbonyl (C=O) groups is 3. The Labute approximate surface area is 111 Å². The van der Waals surface area contributed by atoms with Crippen LogP contribution in [0.25, 0.3) is 0 Å². The molecule has 0 aliphatic heterocycles. The maximum Gasteiger partial charge on any atom is 0.379 e. The molecular formula is C14H16O5. The molecule has 0 fully saturated rings. The van der Waals surface area contributed by atoms with Gasteiger partial charge in [0.15, 0.2) is 0 Å². The first kappa shape index (κ1) is 14.9. The number of ketones is 1. The van der Waals surface area contributed by atoms with Gasteiger partial charge in [0.25, 0.3) is 5.78 Å². The number of ether oxygens (including phenoxy) is 2. The summed E-state index contributed by atoms with van der Waals surface area (Å²) in [7, 11) is 1.13. The molecule has 0 unspecified atom stereocenters. The molecule has 0 amide bonds. The van der Waals surface area contributed by atoms with Crippen LogP contribution in [0.3, 0.4) is 0 Å². The Morgan fingerprint density at radius 3 is 1.84 bits per heavy atom. The second-order valence-electron chi connectivity index (χ2n) is 4.90. The topological polar surface area (TPSA) is 69.7 Å². The summed E-state index contributed by atoms with van der Waals surface area (Å²) in [4.78, 5) is 34.3. The van der Waals surface area contributed by atoms with Crippen LogP contribution in [0.4, 0.5) is 0 Å². The number of benzene rings is 1. The van der Waals surface area contributed by atoms with Gasteiger partial charge in [-0.3, -0.25) is 4.79 Å². The van der Waals surface area contributed by atoms with Gasteiger partial charge in [-0.1, -0.05) is 0 Å². The molecule has 5 nitrogen and oxygen atoms in total. The van der Waals surface area contributed by atoms with E-state index >= 15 is 0 Å². The number of methoxy groups -OCH3 is 1. The molecule has 0 aliphatic rings. The second kappa shape index (κ2) is 5.65. The van der Waals surface area contributed by atoms with E-state index in [1.54, 1.807) is 20.8 Å². The maximum absolute atomic E-state index is 11.7. The number of carbonyl (C=O) groups excluding carboxylic acids is 3. The van der Waals surface area contributed by atoms with Crippen LogP contribution in [0.2, 0.25) is 0 Å². The number of rotatable bonds is 3. The highest BCUT2D eigenvalue weighted by Gasteiger charge is 2.20. The monoisotopic (exact) mass is 264 g/mol. The Bertz CT molecular complexity index is 494. The van der Waals surface area contributed by atoms with Gasteiger partial charge in [-0.15, -0.1) is 0 Å². The summed E-state index contributed by atoms with van der Waals surface area (Å²) in [6, 6.07) is 5.64. The lowest BCUT2D eigenvalue weighted by Crippen LogP contribution is -2.24. The smallest absolute Gasteiger partial charge is 0.379 e. The summed E-state index contributed by atoms with van der Waals surface area (Å²) in [6.45, 7) is 5.29. The summed E-state index contributed by atoms with van der Waals surface area (Å²) in [6.07, 6.45) is 0. The first-order valence-corrected chi connectivity index (χ1v) is 5.70. The van der Waals surface area contributed by atoms with Gasteiger partial charge in [0.1, 0.15) is 5.60 Å². The molecule has 102 valence electrons.